The van der Waals surface area contributed by atoms with Crippen molar-refractivity contribution in [1.29, 1.82) is 0 Å². The van der Waals surface area contributed by atoms with Gasteiger partial charge < -0.3 is 5.11 Å². The fourth-order valence-corrected chi connectivity index (χ4v) is 2.96. The smallest absolute Gasteiger partial charge is 0.0690 e. The van der Waals surface area contributed by atoms with Crippen LogP contribution in [0.25, 0.3) is 0 Å². The van der Waals surface area contributed by atoms with E-state index in [-0.39, 0.29) is 0 Å². The SMILES string of the molecule is CCC1CCC(O)(Cc2cccc(Cl)c2)C1. The van der Waals surface area contributed by atoms with Crippen molar-refractivity contribution < 1.29 is 5.11 Å². The van der Waals surface area contributed by atoms with Crippen LogP contribution in [0, 0.1) is 5.92 Å². The van der Waals surface area contributed by atoms with Crippen molar-refractivity contribution in [2.75, 3.05) is 0 Å². The van der Waals surface area contributed by atoms with Crippen LogP contribution in [0.5, 0.6) is 0 Å². The highest BCUT2D eigenvalue weighted by Crippen LogP contribution is 2.38. The summed E-state index contributed by atoms with van der Waals surface area (Å²) in [6, 6.07) is 7.83. The van der Waals surface area contributed by atoms with Crippen LogP contribution in [0.1, 0.15) is 38.2 Å². The zero-order valence-corrected chi connectivity index (χ0v) is 10.5. The van der Waals surface area contributed by atoms with Gasteiger partial charge in [0.05, 0.1) is 5.60 Å². The molecule has 0 spiro atoms. The molecule has 2 heteroatoms. The van der Waals surface area contributed by atoms with Gasteiger partial charge in [0, 0.05) is 11.4 Å². The summed E-state index contributed by atoms with van der Waals surface area (Å²) in [5.41, 5.74) is 0.650. The van der Waals surface area contributed by atoms with E-state index < -0.39 is 5.60 Å². The van der Waals surface area contributed by atoms with Gasteiger partial charge in [-0.05, 0) is 42.9 Å². The Morgan fingerprint density at radius 2 is 2.31 bits per heavy atom. The second-order valence-corrected chi connectivity index (χ2v) is 5.48. The van der Waals surface area contributed by atoms with E-state index in [0.717, 1.165) is 36.3 Å². The molecule has 1 aromatic rings. The zero-order chi connectivity index (χ0) is 11.6. The van der Waals surface area contributed by atoms with Gasteiger partial charge in [-0.3, -0.25) is 0 Å². The first-order valence-electron chi connectivity index (χ1n) is 6.08. The molecule has 2 atom stereocenters. The Labute approximate surface area is 102 Å². The van der Waals surface area contributed by atoms with Crippen LogP contribution < -0.4 is 0 Å². The number of benzene rings is 1. The van der Waals surface area contributed by atoms with E-state index >= 15 is 0 Å². The highest BCUT2D eigenvalue weighted by molar-refractivity contribution is 6.30. The molecule has 0 bridgehead atoms. The fourth-order valence-electron chi connectivity index (χ4n) is 2.75. The maximum absolute atomic E-state index is 10.5. The van der Waals surface area contributed by atoms with Crippen LogP contribution in [0.3, 0.4) is 0 Å². The van der Waals surface area contributed by atoms with Gasteiger partial charge in [-0.15, -0.1) is 0 Å². The van der Waals surface area contributed by atoms with E-state index in [4.69, 9.17) is 11.6 Å². The predicted molar refractivity (Wildman–Crippen MR) is 67.7 cm³/mol. The minimum absolute atomic E-state index is 0.495. The molecule has 2 unspecified atom stereocenters. The van der Waals surface area contributed by atoms with Gasteiger partial charge in [-0.2, -0.15) is 0 Å². The molecular formula is C14H19ClO. The maximum Gasteiger partial charge on any atom is 0.0690 e. The van der Waals surface area contributed by atoms with Gasteiger partial charge in [0.2, 0.25) is 0 Å². The largest absolute Gasteiger partial charge is 0.390 e. The molecule has 16 heavy (non-hydrogen) atoms. The lowest BCUT2D eigenvalue weighted by atomic mass is 9.91. The molecule has 1 aliphatic rings. The van der Waals surface area contributed by atoms with Crippen LogP contribution >= 0.6 is 11.6 Å². The molecule has 1 fully saturated rings. The molecule has 0 aromatic heterocycles. The molecule has 0 aliphatic heterocycles. The number of hydrogen-bond donors (Lipinski definition) is 1. The van der Waals surface area contributed by atoms with E-state index in [9.17, 15) is 5.11 Å². The van der Waals surface area contributed by atoms with Crippen molar-refractivity contribution in [2.45, 2.75) is 44.6 Å². The minimum Gasteiger partial charge on any atom is -0.390 e. The molecule has 88 valence electrons. The average Bonchev–Trinajstić information content (AvgIpc) is 2.60. The average molecular weight is 239 g/mol. The van der Waals surface area contributed by atoms with Gasteiger partial charge in [-0.25, -0.2) is 0 Å². The van der Waals surface area contributed by atoms with Crippen LogP contribution in [-0.4, -0.2) is 10.7 Å². The summed E-state index contributed by atoms with van der Waals surface area (Å²) in [5.74, 6) is 0.698. The third-order valence-electron chi connectivity index (χ3n) is 3.69. The normalized spacial score (nSPS) is 29.6. The van der Waals surface area contributed by atoms with Gasteiger partial charge in [0.15, 0.2) is 0 Å². The first-order chi connectivity index (χ1) is 7.61. The van der Waals surface area contributed by atoms with Gasteiger partial charge >= 0.3 is 0 Å². The van der Waals surface area contributed by atoms with Crippen molar-refractivity contribution in [1.82, 2.24) is 0 Å². The molecule has 0 heterocycles. The molecule has 2 rings (SSSR count). The first-order valence-corrected chi connectivity index (χ1v) is 6.46. The summed E-state index contributed by atoms with van der Waals surface area (Å²) in [5, 5.41) is 11.2. The van der Waals surface area contributed by atoms with E-state index in [1.807, 2.05) is 24.3 Å². The Balaban J connectivity index is 2.04. The number of aliphatic hydroxyl groups is 1. The Morgan fingerprint density at radius 3 is 2.94 bits per heavy atom. The van der Waals surface area contributed by atoms with Gasteiger partial charge in [-0.1, -0.05) is 37.1 Å². The number of halogens is 1. The highest BCUT2D eigenvalue weighted by atomic mass is 35.5. The zero-order valence-electron chi connectivity index (χ0n) is 9.75. The van der Waals surface area contributed by atoms with Crippen LogP contribution in [-0.2, 0) is 6.42 Å². The highest BCUT2D eigenvalue weighted by Gasteiger charge is 2.36. The molecule has 0 radical (unpaired) electrons. The van der Waals surface area contributed by atoms with Crippen molar-refractivity contribution >= 4 is 11.6 Å². The molecule has 0 saturated heterocycles. The molecular weight excluding hydrogens is 220 g/mol. The lowest BCUT2D eigenvalue weighted by Crippen LogP contribution is -2.27. The summed E-state index contributed by atoms with van der Waals surface area (Å²) < 4.78 is 0. The molecule has 1 aromatic carbocycles. The maximum atomic E-state index is 10.5. The van der Waals surface area contributed by atoms with Crippen molar-refractivity contribution in [3.05, 3.63) is 34.9 Å². The van der Waals surface area contributed by atoms with E-state index in [0.29, 0.717) is 5.92 Å². The lowest BCUT2D eigenvalue weighted by molar-refractivity contribution is 0.0437. The topological polar surface area (TPSA) is 20.2 Å². The van der Waals surface area contributed by atoms with E-state index in [1.165, 1.54) is 6.42 Å². The van der Waals surface area contributed by atoms with Crippen LogP contribution in [0.15, 0.2) is 24.3 Å². The standard InChI is InChI=1S/C14H19ClO/c1-2-11-6-7-14(16,9-11)10-12-4-3-5-13(15)8-12/h3-5,8,11,16H,2,6-7,9-10H2,1H3. The second kappa shape index (κ2) is 4.77. The van der Waals surface area contributed by atoms with Crippen molar-refractivity contribution in [2.24, 2.45) is 5.92 Å². The quantitative estimate of drug-likeness (QED) is 0.849. The monoisotopic (exact) mass is 238 g/mol. The fraction of sp³-hybridized carbons (Fsp3) is 0.571. The van der Waals surface area contributed by atoms with Gasteiger partial charge in [0.25, 0.3) is 0 Å². The summed E-state index contributed by atoms with van der Waals surface area (Å²) >= 11 is 5.95. The molecule has 1 nitrogen and oxygen atoms in total. The molecule has 1 saturated carbocycles. The van der Waals surface area contributed by atoms with Crippen molar-refractivity contribution in [3.63, 3.8) is 0 Å². The first kappa shape index (κ1) is 11.9. The predicted octanol–water partition coefficient (Wildman–Crippen LogP) is 3.82. The Kier molecular flexibility index (Phi) is 3.56. The van der Waals surface area contributed by atoms with Gasteiger partial charge in [0.1, 0.15) is 0 Å². The van der Waals surface area contributed by atoms with Crippen molar-refractivity contribution in [3.8, 4) is 0 Å². The third-order valence-corrected chi connectivity index (χ3v) is 3.92. The lowest BCUT2D eigenvalue weighted by Gasteiger charge is -2.23. The third kappa shape index (κ3) is 2.78. The Morgan fingerprint density at radius 1 is 1.50 bits per heavy atom. The molecule has 1 aliphatic carbocycles. The number of rotatable bonds is 3. The van der Waals surface area contributed by atoms with Crippen LogP contribution in [0.2, 0.25) is 5.02 Å². The Bertz CT molecular complexity index is 364. The summed E-state index contributed by atoms with van der Waals surface area (Å²) in [7, 11) is 0. The molecule has 0 amide bonds. The van der Waals surface area contributed by atoms with Crippen LogP contribution in [0.4, 0.5) is 0 Å². The summed E-state index contributed by atoms with van der Waals surface area (Å²) in [6.45, 7) is 2.20. The second-order valence-electron chi connectivity index (χ2n) is 5.05. The van der Waals surface area contributed by atoms with E-state index in [2.05, 4.69) is 6.92 Å². The summed E-state index contributed by atoms with van der Waals surface area (Å²) in [6.07, 6.45) is 4.95. The van der Waals surface area contributed by atoms with E-state index in [1.54, 1.807) is 0 Å². The number of hydrogen-bond acceptors (Lipinski definition) is 1. The Hall–Kier alpha value is -0.530. The summed E-state index contributed by atoms with van der Waals surface area (Å²) in [4.78, 5) is 0. The minimum atomic E-state index is -0.495. The molecule has 1 N–H and O–H groups in total.